The van der Waals surface area contributed by atoms with Crippen LogP contribution in [0.1, 0.15) is 20.8 Å². The number of ether oxygens (including phenoxy) is 1. The maximum Gasteiger partial charge on any atom is 0.407 e. The number of carbonyl (C=O) groups excluding carboxylic acids is 2. The van der Waals surface area contributed by atoms with Crippen LogP contribution in [-0.2, 0) is 19.4 Å². The fourth-order valence-electron chi connectivity index (χ4n) is 0.799. The van der Waals surface area contributed by atoms with Gasteiger partial charge in [-0.15, -0.1) is 0 Å². The minimum atomic E-state index is -3.49. The first-order valence-electron chi connectivity index (χ1n) is 4.67. The van der Waals surface area contributed by atoms with Crippen molar-refractivity contribution in [3.05, 3.63) is 0 Å². The zero-order valence-electron chi connectivity index (χ0n) is 9.81. The molecule has 0 bridgehead atoms. The molecule has 1 N–H and O–H groups in total. The number of rotatable bonds is 4. The molecule has 94 valence electrons. The SMILES string of the molecule is CC(C)(C)OC(=O)NCC(C=O)S(C)(=O)=O. The summed E-state index contributed by atoms with van der Waals surface area (Å²) >= 11 is 0. The zero-order valence-corrected chi connectivity index (χ0v) is 10.6. The molecule has 0 fully saturated rings. The third-order valence-electron chi connectivity index (χ3n) is 1.55. The molecule has 0 spiro atoms. The van der Waals surface area contributed by atoms with Gasteiger partial charge >= 0.3 is 6.09 Å². The molecule has 0 aromatic rings. The fourth-order valence-corrected chi connectivity index (χ4v) is 1.39. The quantitative estimate of drug-likeness (QED) is 0.717. The summed E-state index contributed by atoms with van der Waals surface area (Å²) in [4.78, 5) is 21.6. The average Bonchev–Trinajstić information content (AvgIpc) is 1.98. The summed E-state index contributed by atoms with van der Waals surface area (Å²) in [7, 11) is -3.49. The summed E-state index contributed by atoms with van der Waals surface area (Å²) in [5.74, 6) is 0. The van der Waals surface area contributed by atoms with E-state index in [2.05, 4.69) is 5.32 Å². The first kappa shape index (κ1) is 14.9. The highest BCUT2D eigenvalue weighted by molar-refractivity contribution is 7.92. The van der Waals surface area contributed by atoms with Crippen LogP contribution in [0.5, 0.6) is 0 Å². The van der Waals surface area contributed by atoms with Gasteiger partial charge in [-0.2, -0.15) is 0 Å². The predicted octanol–water partition coefficient (Wildman–Crippen LogP) is 0.123. The van der Waals surface area contributed by atoms with Gasteiger partial charge < -0.3 is 14.8 Å². The van der Waals surface area contributed by atoms with Gasteiger partial charge in [0.05, 0.1) is 0 Å². The van der Waals surface area contributed by atoms with Crippen LogP contribution >= 0.6 is 0 Å². The lowest BCUT2D eigenvalue weighted by atomic mass is 10.2. The Labute approximate surface area is 95.3 Å². The Morgan fingerprint density at radius 2 is 1.94 bits per heavy atom. The minimum Gasteiger partial charge on any atom is -0.444 e. The lowest BCUT2D eigenvalue weighted by Gasteiger charge is -2.20. The Kier molecular flexibility index (Phi) is 4.92. The normalized spacial score (nSPS) is 14.0. The van der Waals surface area contributed by atoms with E-state index >= 15 is 0 Å². The highest BCUT2D eigenvalue weighted by atomic mass is 32.2. The second-order valence-corrected chi connectivity index (χ2v) is 6.65. The van der Waals surface area contributed by atoms with Crippen molar-refractivity contribution in [1.29, 1.82) is 0 Å². The first-order chi connectivity index (χ1) is 7.06. The zero-order chi connectivity index (χ0) is 13.0. The van der Waals surface area contributed by atoms with Gasteiger partial charge in [0.1, 0.15) is 17.1 Å². The number of amides is 1. The van der Waals surface area contributed by atoms with E-state index in [0.29, 0.717) is 0 Å². The molecule has 0 aliphatic heterocycles. The monoisotopic (exact) mass is 251 g/mol. The van der Waals surface area contributed by atoms with E-state index in [4.69, 9.17) is 4.74 Å². The van der Waals surface area contributed by atoms with E-state index in [0.717, 1.165) is 6.26 Å². The molecule has 0 rings (SSSR count). The smallest absolute Gasteiger partial charge is 0.407 e. The Morgan fingerprint density at radius 1 is 1.44 bits per heavy atom. The molecule has 0 aromatic heterocycles. The molecule has 16 heavy (non-hydrogen) atoms. The number of hydrogen-bond acceptors (Lipinski definition) is 5. The van der Waals surface area contributed by atoms with Crippen LogP contribution in [-0.4, -0.2) is 44.4 Å². The van der Waals surface area contributed by atoms with Crippen LogP contribution in [0.2, 0.25) is 0 Å². The Hall–Kier alpha value is -1.11. The summed E-state index contributed by atoms with van der Waals surface area (Å²) in [6.07, 6.45) is 0.471. The fraction of sp³-hybridized carbons (Fsp3) is 0.778. The van der Waals surface area contributed by atoms with Crippen molar-refractivity contribution in [3.8, 4) is 0 Å². The lowest BCUT2D eigenvalue weighted by molar-refractivity contribution is -0.107. The predicted molar refractivity (Wildman–Crippen MR) is 58.9 cm³/mol. The van der Waals surface area contributed by atoms with Crippen LogP contribution in [0, 0.1) is 0 Å². The second kappa shape index (κ2) is 5.29. The highest BCUT2D eigenvalue weighted by Gasteiger charge is 2.22. The van der Waals surface area contributed by atoms with Gasteiger partial charge in [-0.1, -0.05) is 0 Å². The van der Waals surface area contributed by atoms with Gasteiger partial charge in [-0.3, -0.25) is 0 Å². The molecule has 0 saturated carbocycles. The van der Waals surface area contributed by atoms with Crippen molar-refractivity contribution in [2.24, 2.45) is 0 Å². The lowest BCUT2D eigenvalue weighted by Crippen LogP contribution is -2.40. The van der Waals surface area contributed by atoms with Gasteiger partial charge in [0.15, 0.2) is 9.84 Å². The van der Waals surface area contributed by atoms with Crippen molar-refractivity contribution in [1.82, 2.24) is 5.32 Å². The maximum absolute atomic E-state index is 11.2. The Morgan fingerprint density at radius 3 is 2.25 bits per heavy atom. The summed E-state index contributed by atoms with van der Waals surface area (Å²) < 4.78 is 27.0. The molecule has 0 aromatic carbocycles. The summed E-state index contributed by atoms with van der Waals surface area (Å²) in [5.41, 5.74) is -0.661. The van der Waals surface area contributed by atoms with Crippen LogP contribution < -0.4 is 5.32 Å². The Balaban J connectivity index is 4.25. The second-order valence-electron chi connectivity index (χ2n) is 4.39. The van der Waals surface area contributed by atoms with E-state index in [1.54, 1.807) is 20.8 Å². The van der Waals surface area contributed by atoms with Crippen molar-refractivity contribution >= 4 is 22.2 Å². The first-order valence-corrected chi connectivity index (χ1v) is 6.63. The van der Waals surface area contributed by atoms with Gasteiger partial charge in [-0.05, 0) is 20.8 Å². The third kappa shape index (κ3) is 6.39. The van der Waals surface area contributed by atoms with Crippen molar-refractivity contribution in [2.75, 3.05) is 12.8 Å². The van der Waals surface area contributed by atoms with Crippen molar-refractivity contribution < 1.29 is 22.7 Å². The van der Waals surface area contributed by atoms with Crippen LogP contribution in [0.4, 0.5) is 4.79 Å². The largest absolute Gasteiger partial charge is 0.444 e. The number of carbonyl (C=O) groups is 2. The maximum atomic E-state index is 11.2. The molecule has 1 unspecified atom stereocenters. The molecule has 0 radical (unpaired) electrons. The third-order valence-corrected chi connectivity index (χ3v) is 2.93. The van der Waals surface area contributed by atoms with Gasteiger partial charge in [0.2, 0.25) is 0 Å². The van der Waals surface area contributed by atoms with E-state index in [1.807, 2.05) is 0 Å². The molecule has 1 atom stereocenters. The Bertz CT molecular complexity index is 355. The molecule has 0 aliphatic rings. The molecule has 0 aliphatic carbocycles. The van der Waals surface area contributed by atoms with Gasteiger partial charge in [-0.25, -0.2) is 13.2 Å². The van der Waals surface area contributed by atoms with Crippen LogP contribution in [0.25, 0.3) is 0 Å². The number of nitrogens with one attached hydrogen (secondary N) is 1. The number of hydrogen-bond donors (Lipinski definition) is 1. The number of alkyl carbamates (subject to hydrolysis) is 1. The van der Waals surface area contributed by atoms with E-state index in [9.17, 15) is 18.0 Å². The molecular weight excluding hydrogens is 234 g/mol. The standard InChI is InChI=1S/C9H17NO5S/c1-9(2,3)15-8(12)10-5-7(6-11)16(4,13)14/h6-7H,5H2,1-4H3,(H,10,12). The molecule has 0 heterocycles. The molecular formula is C9H17NO5S. The molecule has 6 nitrogen and oxygen atoms in total. The average molecular weight is 251 g/mol. The summed E-state index contributed by atoms with van der Waals surface area (Å²) in [6, 6.07) is 0. The van der Waals surface area contributed by atoms with Crippen molar-refractivity contribution in [2.45, 2.75) is 31.6 Å². The summed E-state index contributed by atoms with van der Waals surface area (Å²) in [5, 5.41) is 0.989. The number of aldehydes is 1. The van der Waals surface area contributed by atoms with E-state index < -0.39 is 26.8 Å². The van der Waals surface area contributed by atoms with Crippen LogP contribution in [0.3, 0.4) is 0 Å². The molecule has 0 saturated heterocycles. The highest BCUT2D eigenvalue weighted by Crippen LogP contribution is 2.06. The topological polar surface area (TPSA) is 89.5 Å². The van der Waals surface area contributed by atoms with Gasteiger partial charge in [0, 0.05) is 12.8 Å². The number of sulfone groups is 1. The molecule has 7 heteroatoms. The summed E-state index contributed by atoms with van der Waals surface area (Å²) in [6.45, 7) is 4.76. The van der Waals surface area contributed by atoms with Crippen molar-refractivity contribution in [3.63, 3.8) is 0 Å². The minimum absolute atomic E-state index is 0.281. The van der Waals surface area contributed by atoms with E-state index in [1.165, 1.54) is 0 Å². The molecule has 1 amide bonds. The van der Waals surface area contributed by atoms with E-state index in [-0.39, 0.29) is 12.8 Å². The van der Waals surface area contributed by atoms with Crippen LogP contribution in [0.15, 0.2) is 0 Å². The van der Waals surface area contributed by atoms with Gasteiger partial charge in [0.25, 0.3) is 0 Å².